The molecule has 2 aromatic rings. The maximum atomic E-state index is 13.1. The quantitative estimate of drug-likeness (QED) is 0.655. The molecule has 0 unspecified atom stereocenters. The van der Waals surface area contributed by atoms with Crippen LogP contribution in [0.1, 0.15) is 36.8 Å². The molecule has 30 heavy (non-hydrogen) atoms. The van der Waals surface area contributed by atoms with E-state index >= 15 is 0 Å². The minimum atomic E-state index is 0.253. The number of hydrogen-bond acceptors (Lipinski definition) is 3. The fourth-order valence-electron chi connectivity index (χ4n) is 4.51. The van der Waals surface area contributed by atoms with Crippen molar-refractivity contribution in [3.63, 3.8) is 0 Å². The summed E-state index contributed by atoms with van der Waals surface area (Å²) in [5.74, 6) is 1.03. The Bertz CT molecular complexity index is 771. The van der Waals surface area contributed by atoms with Crippen molar-refractivity contribution in [2.45, 2.75) is 25.7 Å². The first kappa shape index (κ1) is 20.5. The van der Waals surface area contributed by atoms with Gasteiger partial charge in [0.2, 0.25) is 0 Å². The maximum absolute atomic E-state index is 13.1. The average molecular weight is 401 g/mol. The Morgan fingerprint density at radius 1 is 0.633 bits per heavy atom. The predicted molar refractivity (Wildman–Crippen MR) is 125 cm³/mol. The fraction of sp³-hybridized carbons (Fsp3) is 0.370. The highest BCUT2D eigenvalue weighted by atomic mass is 16.1. The SMILES string of the molecule is O=C(C1CCN(C=Cc2ccccc2)CC1)C1CCN(C=Cc2ccccc2)CC1. The topological polar surface area (TPSA) is 23.6 Å². The van der Waals surface area contributed by atoms with Crippen LogP contribution in [0.4, 0.5) is 0 Å². The van der Waals surface area contributed by atoms with Gasteiger partial charge in [-0.15, -0.1) is 0 Å². The molecule has 3 nitrogen and oxygen atoms in total. The van der Waals surface area contributed by atoms with E-state index in [1.165, 1.54) is 11.1 Å². The lowest BCUT2D eigenvalue weighted by Crippen LogP contribution is -2.39. The molecule has 0 radical (unpaired) electrons. The third-order valence-electron chi connectivity index (χ3n) is 6.42. The molecule has 0 atom stereocenters. The van der Waals surface area contributed by atoms with Crippen LogP contribution in [0, 0.1) is 11.8 Å². The summed E-state index contributed by atoms with van der Waals surface area (Å²) in [6, 6.07) is 20.8. The van der Waals surface area contributed by atoms with Crippen molar-refractivity contribution in [2.24, 2.45) is 11.8 Å². The molecule has 0 spiro atoms. The maximum Gasteiger partial charge on any atom is 0.139 e. The molecule has 2 saturated heterocycles. The minimum absolute atomic E-state index is 0.253. The van der Waals surface area contributed by atoms with Crippen molar-refractivity contribution in [3.8, 4) is 0 Å². The average Bonchev–Trinajstić information content (AvgIpc) is 2.83. The zero-order valence-electron chi connectivity index (χ0n) is 17.7. The number of carbonyl (C=O) groups is 1. The Hall–Kier alpha value is -2.81. The van der Waals surface area contributed by atoms with Crippen molar-refractivity contribution in [1.82, 2.24) is 9.80 Å². The number of benzene rings is 2. The summed E-state index contributed by atoms with van der Waals surface area (Å²) in [6.45, 7) is 3.94. The van der Waals surface area contributed by atoms with Crippen molar-refractivity contribution >= 4 is 17.9 Å². The van der Waals surface area contributed by atoms with Crippen LogP contribution in [0.15, 0.2) is 73.1 Å². The Labute approximate surface area is 180 Å². The number of hydrogen-bond donors (Lipinski definition) is 0. The molecule has 0 amide bonds. The molecule has 156 valence electrons. The Balaban J connectivity index is 1.20. The predicted octanol–water partition coefficient (Wildman–Crippen LogP) is 5.32. The van der Waals surface area contributed by atoms with Gasteiger partial charge in [0.05, 0.1) is 0 Å². The van der Waals surface area contributed by atoms with Gasteiger partial charge in [0, 0.05) is 38.0 Å². The largest absolute Gasteiger partial charge is 0.377 e. The first-order valence-electron chi connectivity index (χ1n) is 11.3. The van der Waals surface area contributed by atoms with Crippen molar-refractivity contribution in [1.29, 1.82) is 0 Å². The van der Waals surface area contributed by atoms with Crippen LogP contribution in [0.25, 0.3) is 12.2 Å². The van der Waals surface area contributed by atoms with E-state index in [1.54, 1.807) is 0 Å². The molecule has 2 heterocycles. The summed E-state index contributed by atoms with van der Waals surface area (Å²) in [6.07, 6.45) is 12.7. The van der Waals surface area contributed by atoms with Crippen LogP contribution >= 0.6 is 0 Å². The van der Waals surface area contributed by atoms with E-state index in [1.807, 2.05) is 12.1 Å². The Morgan fingerprint density at radius 3 is 1.37 bits per heavy atom. The number of likely N-dealkylation sites (tertiary alicyclic amines) is 2. The molecular weight excluding hydrogens is 368 g/mol. The molecule has 2 aromatic carbocycles. The number of piperidine rings is 2. The lowest BCUT2D eigenvalue weighted by atomic mass is 9.81. The van der Waals surface area contributed by atoms with Crippen molar-refractivity contribution in [3.05, 3.63) is 84.2 Å². The summed E-state index contributed by atoms with van der Waals surface area (Å²) >= 11 is 0. The van der Waals surface area contributed by atoms with Gasteiger partial charge in [-0.3, -0.25) is 4.79 Å². The number of nitrogens with zero attached hydrogens (tertiary/aromatic N) is 2. The molecule has 2 aliphatic heterocycles. The summed E-state index contributed by atoms with van der Waals surface area (Å²) in [5.41, 5.74) is 2.45. The van der Waals surface area contributed by atoms with Crippen LogP contribution in [0.3, 0.4) is 0 Å². The number of rotatable bonds is 6. The van der Waals surface area contributed by atoms with Gasteiger partial charge in [0.15, 0.2) is 0 Å². The van der Waals surface area contributed by atoms with Gasteiger partial charge in [-0.05, 0) is 61.4 Å². The molecule has 0 N–H and O–H groups in total. The van der Waals surface area contributed by atoms with Crippen LogP contribution in [-0.4, -0.2) is 41.8 Å². The number of carbonyl (C=O) groups excluding carboxylic acids is 1. The van der Waals surface area contributed by atoms with E-state index in [-0.39, 0.29) is 11.8 Å². The monoisotopic (exact) mass is 400 g/mol. The molecule has 0 aliphatic carbocycles. The third kappa shape index (κ3) is 5.63. The van der Waals surface area contributed by atoms with E-state index in [9.17, 15) is 4.79 Å². The second-order valence-corrected chi connectivity index (χ2v) is 8.48. The van der Waals surface area contributed by atoms with Gasteiger partial charge >= 0.3 is 0 Å². The van der Waals surface area contributed by atoms with E-state index in [4.69, 9.17) is 0 Å². The van der Waals surface area contributed by atoms with Crippen molar-refractivity contribution < 1.29 is 4.79 Å². The smallest absolute Gasteiger partial charge is 0.139 e. The standard InChI is InChI=1S/C27H32N2O/c30-27(25-13-19-28(20-14-25)17-11-23-7-3-1-4-8-23)26-15-21-29(22-16-26)18-12-24-9-5-2-6-10-24/h1-12,17-18,25-26H,13-16,19-22H2. The molecule has 3 heteroatoms. The molecule has 0 aromatic heterocycles. The summed E-state index contributed by atoms with van der Waals surface area (Å²) in [4.78, 5) is 17.8. The first-order valence-corrected chi connectivity index (χ1v) is 11.3. The van der Waals surface area contributed by atoms with Gasteiger partial charge in [-0.2, -0.15) is 0 Å². The van der Waals surface area contributed by atoms with Crippen molar-refractivity contribution in [2.75, 3.05) is 26.2 Å². The zero-order chi connectivity index (χ0) is 20.6. The highest BCUT2D eigenvalue weighted by Crippen LogP contribution is 2.27. The molecule has 0 bridgehead atoms. The van der Waals surface area contributed by atoms with Gasteiger partial charge in [-0.1, -0.05) is 60.7 Å². The highest BCUT2D eigenvalue weighted by Gasteiger charge is 2.31. The Kier molecular flexibility index (Phi) is 7.02. The van der Waals surface area contributed by atoms with Crippen LogP contribution in [0.2, 0.25) is 0 Å². The van der Waals surface area contributed by atoms with E-state index in [0.29, 0.717) is 5.78 Å². The summed E-state index contributed by atoms with van der Waals surface area (Å²) < 4.78 is 0. The van der Waals surface area contributed by atoms with E-state index < -0.39 is 0 Å². The van der Waals surface area contributed by atoms with Gasteiger partial charge in [0.25, 0.3) is 0 Å². The summed E-state index contributed by atoms with van der Waals surface area (Å²) in [7, 11) is 0. The first-order chi connectivity index (χ1) is 14.8. The van der Waals surface area contributed by atoms with Gasteiger partial charge in [0.1, 0.15) is 5.78 Å². The normalized spacial score (nSPS) is 19.1. The van der Waals surface area contributed by atoms with Gasteiger partial charge < -0.3 is 9.80 Å². The highest BCUT2D eigenvalue weighted by molar-refractivity contribution is 5.83. The molecule has 4 rings (SSSR count). The summed E-state index contributed by atoms with van der Waals surface area (Å²) in [5, 5.41) is 0. The Morgan fingerprint density at radius 2 is 1.00 bits per heavy atom. The second-order valence-electron chi connectivity index (χ2n) is 8.48. The molecular formula is C27H32N2O. The zero-order valence-corrected chi connectivity index (χ0v) is 17.7. The van der Waals surface area contributed by atoms with E-state index in [0.717, 1.165) is 51.9 Å². The number of ketones is 1. The van der Waals surface area contributed by atoms with Crippen LogP contribution in [0.5, 0.6) is 0 Å². The van der Waals surface area contributed by atoms with Gasteiger partial charge in [-0.25, -0.2) is 0 Å². The van der Waals surface area contributed by atoms with Crippen LogP contribution in [-0.2, 0) is 4.79 Å². The molecule has 2 aliphatic rings. The molecule has 0 saturated carbocycles. The fourth-order valence-corrected chi connectivity index (χ4v) is 4.51. The minimum Gasteiger partial charge on any atom is -0.377 e. The lowest BCUT2D eigenvalue weighted by Gasteiger charge is -2.35. The van der Waals surface area contributed by atoms with E-state index in [2.05, 4.69) is 82.9 Å². The second kappa shape index (κ2) is 10.3. The molecule has 2 fully saturated rings. The lowest BCUT2D eigenvalue weighted by molar-refractivity contribution is -0.129. The third-order valence-corrected chi connectivity index (χ3v) is 6.42. The van der Waals surface area contributed by atoms with Crippen LogP contribution < -0.4 is 0 Å². The number of Topliss-reactive ketones (excluding diaryl/α,β-unsaturated/α-hetero) is 1.